The van der Waals surface area contributed by atoms with Crippen LogP contribution in [0.4, 0.5) is 0 Å². The number of nitrogens with zero attached hydrogens (tertiary/aromatic N) is 3. The molecule has 8 nitrogen and oxygen atoms in total. The molecule has 2 aromatic carbocycles. The van der Waals surface area contributed by atoms with E-state index in [4.69, 9.17) is 21.1 Å². The van der Waals surface area contributed by atoms with Gasteiger partial charge in [0.25, 0.3) is 0 Å². The molecule has 0 bridgehead atoms. The SMILES string of the molecule is CN(C)Cc1ncc(-c2ccc(Oc3cc(Cl)ccc3CC[C@@H](CCCC(=O)OC(C)(C)C)C(=O)O)cc2)n1C. The Morgan fingerprint density at radius 3 is 2.42 bits per heavy atom. The fraction of sp³-hybridized carbons (Fsp3) is 0.452. The molecule has 0 aliphatic carbocycles. The van der Waals surface area contributed by atoms with Gasteiger partial charge in [-0.3, -0.25) is 9.59 Å². The van der Waals surface area contributed by atoms with E-state index in [9.17, 15) is 14.7 Å². The van der Waals surface area contributed by atoms with Crippen LogP contribution in [0.1, 0.15) is 57.8 Å². The van der Waals surface area contributed by atoms with Gasteiger partial charge in [0.1, 0.15) is 22.9 Å². The van der Waals surface area contributed by atoms with Crippen molar-refractivity contribution in [2.24, 2.45) is 13.0 Å². The predicted molar refractivity (Wildman–Crippen MR) is 157 cm³/mol. The second kappa shape index (κ2) is 13.8. The third-order valence-corrected chi connectivity index (χ3v) is 6.65. The fourth-order valence-electron chi connectivity index (χ4n) is 4.40. The van der Waals surface area contributed by atoms with Crippen molar-refractivity contribution in [3.8, 4) is 22.8 Å². The number of ether oxygens (including phenoxy) is 2. The van der Waals surface area contributed by atoms with Crippen LogP contribution in [-0.4, -0.2) is 51.2 Å². The van der Waals surface area contributed by atoms with Gasteiger partial charge in [-0.2, -0.15) is 0 Å². The van der Waals surface area contributed by atoms with Crippen molar-refractivity contribution in [1.82, 2.24) is 14.5 Å². The first-order chi connectivity index (χ1) is 18.8. The molecule has 3 rings (SSSR count). The Kier molecular flexibility index (Phi) is 10.8. The molecule has 0 aliphatic heterocycles. The van der Waals surface area contributed by atoms with Crippen molar-refractivity contribution in [2.45, 2.75) is 65.0 Å². The number of aryl methyl sites for hydroxylation is 1. The number of aliphatic carboxylic acids is 1. The Bertz CT molecular complexity index is 1300. The minimum absolute atomic E-state index is 0.197. The lowest BCUT2D eigenvalue weighted by molar-refractivity contribution is -0.155. The number of benzene rings is 2. The van der Waals surface area contributed by atoms with E-state index in [0.717, 1.165) is 29.2 Å². The van der Waals surface area contributed by atoms with E-state index in [0.29, 0.717) is 42.2 Å². The summed E-state index contributed by atoms with van der Waals surface area (Å²) in [5, 5.41) is 10.3. The van der Waals surface area contributed by atoms with Crippen molar-refractivity contribution >= 4 is 23.5 Å². The van der Waals surface area contributed by atoms with Gasteiger partial charge in [-0.25, -0.2) is 4.98 Å². The third kappa shape index (κ3) is 9.38. The molecule has 0 radical (unpaired) electrons. The Balaban J connectivity index is 1.65. The van der Waals surface area contributed by atoms with Crippen LogP contribution in [0.3, 0.4) is 0 Å². The average Bonchev–Trinajstić information content (AvgIpc) is 3.20. The Hall–Kier alpha value is -3.36. The van der Waals surface area contributed by atoms with E-state index < -0.39 is 17.5 Å². The van der Waals surface area contributed by atoms with Crippen molar-refractivity contribution in [3.63, 3.8) is 0 Å². The molecule has 1 atom stereocenters. The first-order valence-electron chi connectivity index (χ1n) is 13.5. The number of hydrogen-bond donors (Lipinski definition) is 1. The van der Waals surface area contributed by atoms with Gasteiger partial charge < -0.3 is 24.0 Å². The number of carboxylic acids is 1. The van der Waals surface area contributed by atoms with Gasteiger partial charge in [-0.1, -0.05) is 17.7 Å². The topological polar surface area (TPSA) is 93.9 Å². The Labute approximate surface area is 241 Å². The maximum Gasteiger partial charge on any atom is 0.306 e. The van der Waals surface area contributed by atoms with Crippen molar-refractivity contribution in [2.75, 3.05) is 14.1 Å². The van der Waals surface area contributed by atoms with E-state index >= 15 is 0 Å². The summed E-state index contributed by atoms with van der Waals surface area (Å²) in [7, 11) is 6.03. The summed E-state index contributed by atoms with van der Waals surface area (Å²) in [6.07, 6.45) is 3.83. The quantitative estimate of drug-likeness (QED) is 0.228. The highest BCUT2D eigenvalue weighted by Gasteiger charge is 2.21. The van der Waals surface area contributed by atoms with E-state index in [1.807, 2.05) is 78.4 Å². The van der Waals surface area contributed by atoms with Crippen molar-refractivity contribution < 1.29 is 24.2 Å². The summed E-state index contributed by atoms with van der Waals surface area (Å²) < 4.78 is 13.6. The van der Waals surface area contributed by atoms with Gasteiger partial charge in [0.2, 0.25) is 0 Å². The van der Waals surface area contributed by atoms with Crippen LogP contribution in [0, 0.1) is 5.92 Å². The standard InChI is InChI=1S/C31H40ClN3O5/c1-31(2,3)40-29(36)9-7-8-23(30(37)38)11-10-22-12-15-24(32)18-27(22)39-25-16-13-21(14-17-25)26-19-33-28(35(26)6)20-34(4)5/h12-19,23H,7-11,20H2,1-6H3,(H,37,38)/t23-/m1/s1. The molecule has 1 heterocycles. The smallest absolute Gasteiger partial charge is 0.306 e. The van der Waals surface area contributed by atoms with Gasteiger partial charge in [-0.05, 0) is 103 Å². The van der Waals surface area contributed by atoms with Gasteiger partial charge in [-0.15, -0.1) is 0 Å². The van der Waals surface area contributed by atoms with Crippen LogP contribution in [-0.2, 0) is 34.3 Å². The summed E-state index contributed by atoms with van der Waals surface area (Å²) in [6, 6.07) is 13.2. The number of carbonyl (C=O) groups is 2. The molecule has 0 saturated heterocycles. The van der Waals surface area contributed by atoms with Crippen LogP contribution in [0.25, 0.3) is 11.3 Å². The Morgan fingerprint density at radius 1 is 1.10 bits per heavy atom. The molecule has 0 unspecified atom stereocenters. The predicted octanol–water partition coefficient (Wildman–Crippen LogP) is 6.74. The lowest BCUT2D eigenvalue weighted by atomic mass is 9.94. The number of hydrogen-bond acceptors (Lipinski definition) is 6. The van der Waals surface area contributed by atoms with Crippen molar-refractivity contribution in [1.29, 1.82) is 0 Å². The number of carbonyl (C=O) groups excluding carboxylic acids is 1. The molecule has 9 heteroatoms. The number of imidazole rings is 1. The van der Waals surface area contributed by atoms with Gasteiger partial charge in [0, 0.05) is 24.1 Å². The molecule has 0 fully saturated rings. The molecular weight excluding hydrogens is 530 g/mol. The third-order valence-electron chi connectivity index (χ3n) is 6.41. The number of carboxylic acid groups (broad SMARTS) is 1. The zero-order valence-corrected chi connectivity index (χ0v) is 25.0. The second-order valence-corrected chi connectivity index (χ2v) is 11.7. The number of halogens is 1. The lowest BCUT2D eigenvalue weighted by Crippen LogP contribution is -2.24. The number of esters is 1. The van der Waals surface area contributed by atoms with Gasteiger partial charge in [0.05, 0.1) is 24.4 Å². The molecule has 40 heavy (non-hydrogen) atoms. The van der Waals surface area contributed by atoms with E-state index in [1.165, 1.54) is 0 Å². The highest BCUT2D eigenvalue weighted by atomic mass is 35.5. The summed E-state index contributed by atoms with van der Waals surface area (Å²) in [5.74, 6) is 0.450. The van der Waals surface area contributed by atoms with Gasteiger partial charge in [0.15, 0.2) is 0 Å². The maximum atomic E-state index is 12.0. The summed E-state index contributed by atoms with van der Waals surface area (Å²) in [6.45, 7) is 6.19. The minimum atomic E-state index is -0.875. The molecule has 1 N–H and O–H groups in total. The fourth-order valence-corrected chi connectivity index (χ4v) is 4.56. The second-order valence-electron chi connectivity index (χ2n) is 11.3. The highest BCUT2D eigenvalue weighted by Crippen LogP contribution is 2.32. The molecule has 1 aromatic heterocycles. The molecule has 0 amide bonds. The van der Waals surface area contributed by atoms with Crippen LogP contribution < -0.4 is 4.74 Å². The van der Waals surface area contributed by atoms with Crippen LogP contribution in [0.2, 0.25) is 5.02 Å². The largest absolute Gasteiger partial charge is 0.481 e. The van der Waals surface area contributed by atoms with Crippen LogP contribution in [0.15, 0.2) is 48.7 Å². The number of rotatable bonds is 13. The molecular formula is C31H40ClN3O5. The maximum absolute atomic E-state index is 12.0. The van der Waals surface area contributed by atoms with Crippen molar-refractivity contribution in [3.05, 3.63) is 65.1 Å². The first-order valence-corrected chi connectivity index (χ1v) is 13.9. The molecule has 0 aliphatic rings. The zero-order chi connectivity index (χ0) is 29.4. The van der Waals surface area contributed by atoms with E-state index in [2.05, 4.69) is 14.5 Å². The summed E-state index contributed by atoms with van der Waals surface area (Å²) in [4.78, 5) is 30.5. The average molecular weight is 570 g/mol. The molecule has 0 saturated carbocycles. The van der Waals surface area contributed by atoms with Crippen LogP contribution >= 0.6 is 11.6 Å². The Morgan fingerprint density at radius 2 is 1.80 bits per heavy atom. The van der Waals surface area contributed by atoms with Crippen LogP contribution in [0.5, 0.6) is 11.5 Å². The number of aromatic nitrogens is 2. The van der Waals surface area contributed by atoms with Gasteiger partial charge >= 0.3 is 11.9 Å². The zero-order valence-electron chi connectivity index (χ0n) is 24.2. The first kappa shape index (κ1) is 31.2. The minimum Gasteiger partial charge on any atom is -0.481 e. The monoisotopic (exact) mass is 569 g/mol. The highest BCUT2D eigenvalue weighted by molar-refractivity contribution is 6.30. The summed E-state index contributed by atoms with van der Waals surface area (Å²) >= 11 is 6.27. The molecule has 3 aromatic rings. The van der Waals surface area contributed by atoms with E-state index in [1.54, 1.807) is 12.1 Å². The molecule has 0 spiro atoms. The lowest BCUT2D eigenvalue weighted by Gasteiger charge is -2.20. The normalized spacial score (nSPS) is 12.4. The summed E-state index contributed by atoms with van der Waals surface area (Å²) in [5.41, 5.74) is 2.35. The molecule has 216 valence electrons. The van der Waals surface area contributed by atoms with E-state index in [-0.39, 0.29) is 12.4 Å².